The molecule has 2 aliphatic carbocycles. The molecule has 0 atom stereocenters. The first-order chi connectivity index (χ1) is 19.0. The number of alkyl halides is 2. The maximum atomic E-state index is 16.0. The van der Waals surface area contributed by atoms with Gasteiger partial charge in [0.2, 0.25) is 0 Å². The van der Waals surface area contributed by atoms with Crippen LogP contribution in [0.3, 0.4) is 0 Å². The van der Waals surface area contributed by atoms with Crippen molar-refractivity contribution in [2.75, 3.05) is 5.75 Å². The molecular weight excluding hydrogens is 537 g/mol. The van der Waals surface area contributed by atoms with Gasteiger partial charge in [-0.25, -0.2) is 26.6 Å². The Hall–Kier alpha value is -3.71. The van der Waals surface area contributed by atoms with Crippen LogP contribution in [0, 0.1) is 23.1 Å². The second kappa shape index (κ2) is 9.16. The zero-order valence-electron chi connectivity index (χ0n) is 22.1. The van der Waals surface area contributed by atoms with Crippen LogP contribution < -0.4 is 0 Å². The molecule has 6 rings (SSSR count). The number of sulfone groups is 1. The van der Waals surface area contributed by atoms with E-state index >= 15 is 4.39 Å². The molecule has 2 saturated carbocycles. The lowest BCUT2D eigenvalue weighted by Crippen LogP contribution is -2.14. The molecule has 2 fully saturated rings. The minimum absolute atomic E-state index is 0.0278. The zero-order chi connectivity index (χ0) is 28.4. The molecule has 1 aromatic heterocycles. The first-order valence-corrected chi connectivity index (χ1v) is 14.9. The maximum absolute atomic E-state index is 16.0. The largest absolute Gasteiger partial charge is 0.343 e. The summed E-state index contributed by atoms with van der Waals surface area (Å²) in [4.78, 5) is 8.53. The fraction of sp³-hybridized carbons (Fsp3) is 0.367. The normalized spacial score (nSPS) is 16.7. The van der Waals surface area contributed by atoms with E-state index in [4.69, 9.17) is 0 Å². The van der Waals surface area contributed by atoms with E-state index in [-0.39, 0.29) is 44.9 Å². The highest BCUT2D eigenvalue weighted by Gasteiger charge is 2.44. The summed E-state index contributed by atoms with van der Waals surface area (Å²) in [6, 6.07) is 12.3. The third-order valence-electron chi connectivity index (χ3n) is 7.95. The van der Waals surface area contributed by atoms with Crippen molar-refractivity contribution in [1.29, 1.82) is 5.26 Å². The van der Waals surface area contributed by atoms with Crippen LogP contribution in [0.1, 0.15) is 50.7 Å². The number of benzene rings is 1. The summed E-state index contributed by atoms with van der Waals surface area (Å²) in [6.45, 7) is 2.64. The molecule has 1 aromatic carbocycles. The Morgan fingerprint density at radius 2 is 1.82 bits per heavy atom. The Labute approximate surface area is 230 Å². The lowest BCUT2D eigenvalue weighted by atomic mass is 9.95. The lowest BCUT2D eigenvalue weighted by molar-refractivity contribution is 0.0167. The lowest BCUT2D eigenvalue weighted by Gasteiger charge is -2.18. The quantitative estimate of drug-likeness (QED) is 0.237. The van der Waals surface area contributed by atoms with E-state index in [0.29, 0.717) is 17.7 Å². The Bertz CT molecular complexity index is 1740. The van der Waals surface area contributed by atoms with Gasteiger partial charge in [0, 0.05) is 37.0 Å². The van der Waals surface area contributed by atoms with E-state index < -0.39 is 27.0 Å². The van der Waals surface area contributed by atoms with E-state index in [1.165, 1.54) is 30.0 Å². The van der Waals surface area contributed by atoms with Crippen LogP contribution in [-0.4, -0.2) is 28.7 Å². The van der Waals surface area contributed by atoms with Gasteiger partial charge in [-0.3, -0.25) is 4.98 Å². The van der Waals surface area contributed by atoms with Gasteiger partial charge in [-0.05, 0) is 54.9 Å². The second-order valence-corrected chi connectivity index (χ2v) is 13.2. The molecule has 4 aliphatic rings. The molecule has 2 aromatic rings. The fourth-order valence-corrected chi connectivity index (χ4v) is 6.16. The molecule has 2 aliphatic heterocycles. The number of pyridine rings is 2. The molecule has 0 spiro atoms. The van der Waals surface area contributed by atoms with Gasteiger partial charge in [0.15, 0.2) is 15.7 Å². The number of nitrogens with zero attached hydrogens (tertiary/aromatic N) is 4. The van der Waals surface area contributed by atoms with Gasteiger partial charge in [0.1, 0.15) is 17.1 Å². The summed E-state index contributed by atoms with van der Waals surface area (Å²) in [6.07, 6.45) is 6.20. The van der Waals surface area contributed by atoms with Crippen molar-refractivity contribution in [3.05, 3.63) is 65.7 Å². The van der Waals surface area contributed by atoms with Crippen molar-refractivity contribution in [1.82, 2.24) is 14.5 Å². The number of halogens is 3. The van der Waals surface area contributed by atoms with E-state index in [2.05, 4.69) is 16.0 Å². The molecule has 0 radical (unpaired) electrons. The standard InChI is InChI=1S/C30H27F3N4O2S/c1-3-40(38,39)24-12-20(19-6-8-21(9-7-19)30(17-34)10-11-30)14-35-26(24)27-25(31)28-23(36-27)13-22(29(2,32)33)16-37(28)15-18-4-5-18/h6-9,12-14,16,18H,3-5,10-11,15H2,1-2H3. The molecule has 0 amide bonds. The molecule has 206 valence electrons. The molecule has 0 saturated heterocycles. The minimum Gasteiger partial charge on any atom is -0.343 e. The Morgan fingerprint density at radius 1 is 1.12 bits per heavy atom. The summed E-state index contributed by atoms with van der Waals surface area (Å²) in [5, 5.41) is 9.48. The van der Waals surface area contributed by atoms with Crippen LogP contribution in [0.15, 0.2) is 53.7 Å². The average Bonchev–Trinajstić information content (AvgIpc) is 3.87. The van der Waals surface area contributed by atoms with Crippen molar-refractivity contribution in [3.8, 4) is 40.0 Å². The maximum Gasteiger partial charge on any atom is 0.272 e. The van der Waals surface area contributed by atoms with Gasteiger partial charge in [-0.15, -0.1) is 0 Å². The monoisotopic (exact) mass is 564 g/mol. The van der Waals surface area contributed by atoms with Crippen molar-refractivity contribution in [2.24, 2.45) is 5.92 Å². The highest BCUT2D eigenvalue weighted by atomic mass is 32.2. The fourth-order valence-electron chi connectivity index (χ4n) is 5.10. The van der Waals surface area contributed by atoms with Crippen molar-refractivity contribution in [2.45, 2.75) is 62.3 Å². The highest BCUT2D eigenvalue weighted by molar-refractivity contribution is 7.91. The van der Waals surface area contributed by atoms with Crippen LogP contribution in [0.25, 0.3) is 33.9 Å². The van der Waals surface area contributed by atoms with Crippen LogP contribution in [0.4, 0.5) is 13.2 Å². The number of aromatic nitrogens is 3. The van der Waals surface area contributed by atoms with E-state index in [1.54, 1.807) is 0 Å². The van der Waals surface area contributed by atoms with Crippen molar-refractivity contribution < 1.29 is 21.6 Å². The van der Waals surface area contributed by atoms with Gasteiger partial charge >= 0.3 is 0 Å². The Balaban J connectivity index is 1.49. The van der Waals surface area contributed by atoms with Crippen molar-refractivity contribution in [3.63, 3.8) is 0 Å². The third kappa shape index (κ3) is 4.56. The van der Waals surface area contributed by atoms with E-state index in [9.17, 15) is 22.5 Å². The van der Waals surface area contributed by atoms with Gasteiger partial charge in [-0.1, -0.05) is 31.2 Å². The van der Waals surface area contributed by atoms with Crippen molar-refractivity contribution >= 4 is 9.84 Å². The molecule has 40 heavy (non-hydrogen) atoms. The van der Waals surface area contributed by atoms with E-state index in [0.717, 1.165) is 44.2 Å². The molecule has 0 unspecified atom stereocenters. The summed E-state index contributed by atoms with van der Waals surface area (Å²) < 4.78 is 72.5. The van der Waals surface area contributed by atoms with Crippen LogP contribution in [0.5, 0.6) is 0 Å². The van der Waals surface area contributed by atoms with Gasteiger partial charge in [-0.2, -0.15) is 5.26 Å². The summed E-state index contributed by atoms with van der Waals surface area (Å²) >= 11 is 0. The average molecular weight is 565 g/mol. The van der Waals surface area contributed by atoms with Crippen LogP contribution >= 0.6 is 0 Å². The van der Waals surface area contributed by atoms with Gasteiger partial charge in [0.05, 0.1) is 27.8 Å². The number of nitriles is 1. The van der Waals surface area contributed by atoms with Crippen LogP contribution in [-0.2, 0) is 27.7 Å². The SMILES string of the molecule is CCS(=O)(=O)c1cc(-c2ccc(C3(C#N)CC3)cc2)cnc1-c1nc2cc(C(C)(F)F)cn(CC3CC3)c-2c1F. The van der Waals surface area contributed by atoms with Gasteiger partial charge in [0.25, 0.3) is 5.92 Å². The minimum atomic E-state index is -3.88. The topological polar surface area (TPSA) is 88.6 Å². The predicted octanol–water partition coefficient (Wildman–Crippen LogP) is 6.73. The first-order valence-electron chi connectivity index (χ1n) is 13.3. The Kier molecular flexibility index (Phi) is 6.07. The Morgan fingerprint density at radius 3 is 2.40 bits per heavy atom. The first kappa shape index (κ1) is 26.5. The zero-order valence-corrected chi connectivity index (χ0v) is 22.9. The molecule has 0 bridgehead atoms. The molecule has 10 heteroatoms. The molecular formula is C30H27F3N4O2S. The summed E-state index contributed by atoms with van der Waals surface area (Å²) in [7, 11) is -3.88. The molecule has 0 N–H and O–H groups in total. The molecule has 6 nitrogen and oxygen atoms in total. The number of rotatable bonds is 8. The third-order valence-corrected chi connectivity index (χ3v) is 9.69. The number of fused-ring (bicyclic) bond motifs is 1. The van der Waals surface area contributed by atoms with E-state index in [1.807, 2.05) is 24.3 Å². The predicted molar refractivity (Wildman–Crippen MR) is 144 cm³/mol. The summed E-state index contributed by atoms with van der Waals surface area (Å²) in [5.41, 5.74) is 1.04. The second-order valence-electron chi connectivity index (χ2n) is 11.0. The highest BCUT2D eigenvalue weighted by Crippen LogP contribution is 2.48. The number of hydrogen-bond donors (Lipinski definition) is 0. The summed E-state index contributed by atoms with van der Waals surface area (Å²) in [5.74, 6) is -3.92. The van der Waals surface area contributed by atoms with Gasteiger partial charge < -0.3 is 4.57 Å². The number of hydrogen-bond acceptors (Lipinski definition) is 5. The molecule has 3 heterocycles. The smallest absolute Gasteiger partial charge is 0.272 e. The van der Waals surface area contributed by atoms with Crippen LogP contribution in [0.2, 0.25) is 0 Å².